The summed E-state index contributed by atoms with van der Waals surface area (Å²) < 4.78 is 84.0. The molecule has 2 saturated heterocycles. The van der Waals surface area contributed by atoms with E-state index in [1.165, 1.54) is 29.8 Å². The summed E-state index contributed by atoms with van der Waals surface area (Å²) >= 11 is 0. The number of piperazine rings is 2. The number of carbonyl (C=O) groups excluding carboxylic acids is 1. The number of halogens is 6. The van der Waals surface area contributed by atoms with E-state index in [1.807, 2.05) is 72.8 Å². The average Bonchev–Trinajstić information content (AvgIpc) is 3.39. The molecule has 0 amide bonds. The van der Waals surface area contributed by atoms with Gasteiger partial charge in [-0.1, -0.05) is 97.1 Å². The van der Waals surface area contributed by atoms with Crippen LogP contribution in [0.4, 0.5) is 26.3 Å². The second-order valence-corrected chi connectivity index (χ2v) is 19.7. The number of esters is 1. The zero-order valence-electron chi connectivity index (χ0n) is 44.2. The Morgan fingerprint density at radius 2 is 0.846 bits per heavy atom. The number of carbonyl (C=O) groups is 2. The summed E-state index contributed by atoms with van der Waals surface area (Å²) in [5.74, 6) is -1.04. The third-order valence-electron chi connectivity index (χ3n) is 14.2. The molecule has 2 aromatic heterocycles. The molecule has 4 heterocycles. The van der Waals surface area contributed by atoms with Crippen molar-refractivity contribution in [3.8, 4) is 22.3 Å². The molecule has 4 atom stereocenters. The van der Waals surface area contributed by atoms with Gasteiger partial charge in [0.25, 0.3) is 0 Å². The standard InChI is InChI=1S/C30H34F3N3O3.C28H30F3N3O3.Li.H2O/c1-3-39-28(37)18-27-21-35(19-23-12-14-34-15-13-23)16-17-36(27)20-22-4-6-24(7-5-22)25-8-10-26(11-9-25)29(2,38)30(31,32)33;1-27(37,28(29,30)31)24-8-6-23(7-9-24)22-4-2-20(3-5-22)18-34-15-14-33(19-25(34)16-26(35)36)17-21-10-12-32-13-11-21;;/h4-15,27,38H,3,16-21H2,1-2H3;2-13,25,37H,14-19H2,1H3,(H,35,36);;1H2/q;;+1;/p-1. The zero-order chi connectivity index (χ0) is 54.7. The van der Waals surface area contributed by atoms with Gasteiger partial charge in [-0.25, -0.2) is 0 Å². The Kier molecular flexibility index (Phi) is 22.4. The predicted octanol–water partition coefficient (Wildman–Crippen LogP) is 6.66. The first-order chi connectivity index (χ1) is 36.1. The van der Waals surface area contributed by atoms with E-state index in [0.717, 1.165) is 98.6 Å². The minimum Gasteiger partial charge on any atom is -0.870 e. The summed E-state index contributed by atoms with van der Waals surface area (Å²) in [5.41, 5.74) is 1.39. The van der Waals surface area contributed by atoms with Gasteiger partial charge in [0.05, 0.1) is 19.4 Å². The van der Waals surface area contributed by atoms with Crippen molar-refractivity contribution in [1.29, 1.82) is 0 Å². The third kappa shape index (κ3) is 16.8. The van der Waals surface area contributed by atoms with Crippen molar-refractivity contribution in [2.45, 2.75) is 95.4 Å². The maximum Gasteiger partial charge on any atom is 1.00 e. The molecule has 2 aliphatic heterocycles. The van der Waals surface area contributed by atoms with Gasteiger partial charge in [0, 0.05) is 102 Å². The van der Waals surface area contributed by atoms with Crippen LogP contribution in [0, 0.1) is 0 Å². The Labute approximate surface area is 463 Å². The number of aliphatic carboxylic acids is 1. The first-order valence-corrected chi connectivity index (χ1v) is 25.2. The van der Waals surface area contributed by atoms with Crippen LogP contribution in [0.3, 0.4) is 0 Å². The molecule has 2 aliphatic rings. The monoisotopic (exact) mass is 1080 g/mol. The molecule has 2 fully saturated rings. The van der Waals surface area contributed by atoms with Crippen molar-refractivity contribution >= 4 is 11.9 Å². The van der Waals surface area contributed by atoms with E-state index in [2.05, 4.69) is 29.6 Å². The molecule has 8 rings (SSSR count). The second kappa shape index (κ2) is 27.7. The minimum atomic E-state index is -4.76. The number of pyridine rings is 2. The molecule has 0 spiro atoms. The van der Waals surface area contributed by atoms with Crippen LogP contribution in [0.1, 0.15) is 67.0 Å². The number of carboxylic acid groups (broad SMARTS) is 1. The number of carboxylic acids is 1. The van der Waals surface area contributed by atoms with Gasteiger partial charge in [0.15, 0.2) is 11.2 Å². The maximum absolute atomic E-state index is 13.2. The van der Waals surface area contributed by atoms with E-state index >= 15 is 0 Å². The number of aliphatic hydroxyl groups is 2. The summed E-state index contributed by atoms with van der Waals surface area (Å²) in [4.78, 5) is 41.1. The molecule has 13 nitrogen and oxygen atoms in total. The Morgan fingerprint density at radius 1 is 0.526 bits per heavy atom. The first kappa shape index (κ1) is 62.9. The van der Waals surface area contributed by atoms with Crippen LogP contribution in [0.25, 0.3) is 22.3 Å². The molecule has 4 N–H and O–H groups in total. The molecule has 78 heavy (non-hydrogen) atoms. The number of aromatic nitrogens is 2. The van der Waals surface area contributed by atoms with Gasteiger partial charge < -0.3 is 25.5 Å². The fourth-order valence-electron chi connectivity index (χ4n) is 9.49. The van der Waals surface area contributed by atoms with Crippen molar-refractivity contribution in [2.75, 3.05) is 45.9 Å². The fourth-order valence-corrected chi connectivity index (χ4v) is 9.49. The number of hydrogen-bond acceptors (Lipinski definition) is 12. The van der Waals surface area contributed by atoms with Gasteiger partial charge in [-0.05, 0) is 101 Å². The van der Waals surface area contributed by atoms with E-state index in [9.17, 15) is 51.3 Å². The Morgan fingerprint density at radius 3 is 1.17 bits per heavy atom. The van der Waals surface area contributed by atoms with Crippen LogP contribution >= 0.6 is 0 Å². The third-order valence-corrected chi connectivity index (χ3v) is 14.2. The van der Waals surface area contributed by atoms with E-state index < -0.39 is 29.5 Å². The second-order valence-electron chi connectivity index (χ2n) is 19.7. The first-order valence-electron chi connectivity index (χ1n) is 25.2. The van der Waals surface area contributed by atoms with E-state index in [0.29, 0.717) is 32.7 Å². The van der Waals surface area contributed by atoms with Crippen LogP contribution in [0.15, 0.2) is 146 Å². The molecule has 20 heteroatoms. The van der Waals surface area contributed by atoms with Crippen molar-refractivity contribution in [3.05, 3.63) is 179 Å². The number of benzene rings is 4. The number of hydrogen-bond donors (Lipinski definition) is 3. The van der Waals surface area contributed by atoms with E-state index in [4.69, 9.17) is 4.74 Å². The van der Waals surface area contributed by atoms with Gasteiger partial charge in [0.2, 0.25) is 0 Å². The molecule has 0 bridgehead atoms. The van der Waals surface area contributed by atoms with Crippen molar-refractivity contribution in [1.82, 2.24) is 29.6 Å². The van der Waals surface area contributed by atoms with Crippen molar-refractivity contribution < 1.29 is 80.3 Å². The average molecular weight is 1080 g/mol. The van der Waals surface area contributed by atoms with Gasteiger partial charge in [-0.15, -0.1) is 0 Å². The normalized spacial score (nSPS) is 18.2. The summed E-state index contributed by atoms with van der Waals surface area (Å²) in [6.45, 7) is 11.1. The SMILES string of the molecule is CC(O)(c1ccc(-c2ccc(CN3CCN(Cc4ccncc4)CC3CC(=O)O)cc2)cc1)C(F)(F)F.CCOC(=O)CC1CN(Cc2ccncc2)CCN1Cc1ccc(-c2ccc(C(C)(O)C(F)(F)F)cc2)cc1.[Li+].[OH-]. The summed E-state index contributed by atoms with van der Waals surface area (Å²) in [5, 5.41) is 29.2. The Balaban J connectivity index is 0.000000281. The van der Waals surface area contributed by atoms with Crippen LogP contribution < -0.4 is 18.9 Å². The minimum absolute atomic E-state index is 0. The summed E-state index contributed by atoms with van der Waals surface area (Å²) in [7, 11) is 0. The molecule has 0 radical (unpaired) electrons. The molecular formula is C58H65F6LiN6O7. The molecule has 4 aromatic carbocycles. The van der Waals surface area contributed by atoms with E-state index in [-0.39, 0.29) is 59.9 Å². The van der Waals surface area contributed by atoms with Crippen molar-refractivity contribution in [3.63, 3.8) is 0 Å². The number of nitrogens with zero attached hydrogens (tertiary/aromatic N) is 6. The Bertz CT molecular complexity index is 2800. The van der Waals surface area contributed by atoms with Crippen molar-refractivity contribution in [2.24, 2.45) is 0 Å². The van der Waals surface area contributed by atoms with Crippen LogP contribution in [0.5, 0.6) is 0 Å². The summed E-state index contributed by atoms with van der Waals surface area (Å²) in [6.07, 6.45) is -2.08. The van der Waals surface area contributed by atoms with Crippen LogP contribution in [-0.2, 0) is 51.7 Å². The topological polar surface area (TPSA) is 173 Å². The van der Waals surface area contributed by atoms with Gasteiger partial charge in [0.1, 0.15) is 0 Å². The Hall–Kier alpha value is -5.98. The number of ether oxygens (including phenoxy) is 1. The fraction of sp³-hybridized carbons (Fsp3) is 0.379. The van der Waals surface area contributed by atoms with Gasteiger partial charge in [-0.3, -0.25) is 39.2 Å². The molecule has 412 valence electrons. The van der Waals surface area contributed by atoms with Gasteiger partial charge in [-0.2, -0.15) is 26.3 Å². The number of rotatable bonds is 17. The van der Waals surface area contributed by atoms with E-state index in [1.54, 1.807) is 56.0 Å². The molecule has 0 saturated carbocycles. The van der Waals surface area contributed by atoms with Gasteiger partial charge >= 0.3 is 43.2 Å². The van der Waals surface area contributed by atoms with Crippen LogP contribution in [0.2, 0.25) is 0 Å². The zero-order valence-corrected chi connectivity index (χ0v) is 44.2. The summed E-state index contributed by atoms with van der Waals surface area (Å²) in [6, 6.07) is 34.9. The predicted molar refractivity (Wildman–Crippen MR) is 278 cm³/mol. The smallest absolute Gasteiger partial charge is 0.870 e. The molecular weight excluding hydrogens is 1010 g/mol. The molecule has 0 aliphatic carbocycles. The maximum atomic E-state index is 13.2. The molecule has 6 aromatic rings. The number of alkyl halides is 6. The largest absolute Gasteiger partial charge is 1.00 e. The van der Waals surface area contributed by atoms with Crippen LogP contribution in [-0.4, -0.2) is 133 Å². The molecule has 4 unspecified atom stereocenters. The quantitative estimate of drug-likeness (QED) is 0.0504.